The Morgan fingerprint density at radius 3 is 1.27 bits per heavy atom. The molecule has 190 valence electrons. The minimum absolute atomic E-state index is 0.854. The first kappa shape index (κ1) is 24.1. The predicted octanol–water partition coefficient (Wildman–Crippen LogP) is 8.18. The van der Waals surface area contributed by atoms with Crippen molar-refractivity contribution in [3.63, 3.8) is 0 Å². The molecule has 40 heavy (non-hydrogen) atoms. The zero-order valence-electron chi connectivity index (χ0n) is 21.0. The Hall–Kier alpha value is -4.92. The normalized spacial score (nSPS) is 11.0. The van der Waals surface area contributed by atoms with Gasteiger partial charge in [0.05, 0.1) is 32.5 Å². The van der Waals surface area contributed by atoms with Crippen LogP contribution in [-0.4, -0.2) is 29.9 Å². The van der Waals surface area contributed by atoms with Crippen LogP contribution in [0, 0.1) is 0 Å². The minimum atomic E-state index is 0.854. The minimum Gasteiger partial charge on any atom is -0.264 e. The number of hydrogen-bond acceptors (Lipinski definition) is 8. The largest absolute Gasteiger partial charge is 0.264 e. The van der Waals surface area contributed by atoms with E-state index in [1.807, 2.05) is 85.5 Å². The number of nitrogens with zero attached hydrogens (tertiary/aromatic N) is 6. The smallest absolute Gasteiger partial charge is 0.142 e. The fourth-order valence-corrected chi connectivity index (χ4v) is 6.09. The molecule has 6 nitrogen and oxygen atoms in total. The van der Waals surface area contributed by atoms with Gasteiger partial charge in [0.25, 0.3) is 0 Å². The Morgan fingerprint density at radius 1 is 0.400 bits per heavy atom. The molecule has 0 saturated carbocycles. The molecule has 0 atom stereocenters. The fourth-order valence-electron chi connectivity index (χ4n) is 4.31. The van der Waals surface area contributed by atoms with Crippen LogP contribution in [0.2, 0.25) is 0 Å². The molecule has 0 aliphatic carbocycles. The molecule has 0 aliphatic rings. The molecule has 0 aliphatic heterocycles. The molecule has 0 radical (unpaired) electrons. The third-order valence-corrected chi connectivity index (χ3v) is 8.45. The number of benzene rings is 1. The van der Waals surface area contributed by atoms with Crippen molar-refractivity contribution in [2.45, 2.75) is 0 Å². The zero-order chi connectivity index (χ0) is 26.7. The highest BCUT2D eigenvalue weighted by Crippen LogP contribution is 2.36. The Morgan fingerprint density at radius 2 is 0.850 bits per heavy atom. The number of rotatable bonds is 6. The second-order valence-electron chi connectivity index (χ2n) is 8.94. The summed E-state index contributed by atoms with van der Waals surface area (Å²) in [6, 6.07) is 28.4. The molecule has 0 fully saturated rings. The van der Waals surface area contributed by atoms with Crippen LogP contribution in [0.15, 0.2) is 122 Å². The van der Waals surface area contributed by atoms with E-state index in [9.17, 15) is 0 Å². The number of pyridine rings is 4. The molecule has 7 rings (SSSR count). The standard InChI is InChI=1S/C32H20N6S2/c1-7-25(23-5-3-15-33-17-23)37-27(9-1)31-35-19-29(39-31)21-11-13-22(14-12-21)30-20-36-32(40-30)28-10-2-8-26(38-28)24-6-4-16-34-18-24/h1-20H. The van der Waals surface area contributed by atoms with Crippen molar-refractivity contribution in [3.8, 4) is 64.8 Å². The third-order valence-electron chi connectivity index (χ3n) is 6.32. The Kier molecular flexibility index (Phi) is 6.45. The molecule has 6 heterocycles. The lowest BCUT2D eigenvalue weighted by atomic mass is 10.1. The maximum absolute atomic E-state index is 4.82. The van der Waals surface area contributed by atoms with E-state index in [1.54, 1.807) is 35.1 Å². The first-order valence-electron chi connectivity index (χ1n) is 12.6. The number of hydrogen-bond donors (Lipinski definition) is 0. The van der Waals surface area contributed by atoms with Crippen molar-refractivity contribution in [2.75, 3.05) is 0 Å². The summed E-state index contributed by atoms with van der Waals surface area (Å²) in [5, 5.41) is 1.77. The van der Waals surface area contributed by atoms with E-state index in [4.69, 9.17) is 9.97 Å². The average Bonchev–Trinajstić information content (AvgIpc) is 3.74. The summed E-state index contributed by atoms with van der Waals surface area (Å²) in [4.78, 5) is 29.6. The molecule has 1 aromatic carbocycles. The average molecular weight is 553 g/mol. The topological polar surface area (TPSA) is 77.3 Å². The summed E-state index contributed by atoms with van der Waals surface area (Å²) in [5.41, 5.74) is 7.68. The quantitative estimate of drug-likeness (QED) is 0.207. The number of thiazole rings is 2. The van der Waals surface area contributed by atoms with Crippen molar-refractivity contribution in [3.05, 3.63) is 122 Å². The fraction of sp³-hybridized carbons (Fsp3) is 0. The predicted molar refractivity (Wildman–Crippen MR) is 162 cm³/mol. The van der Waals surface area contributed by atoms with Crippen LogP contribution in [0.5, 0.6) is 0 Å². The highest BCUT2D eigenvalue weighted by atomic mass is 32.1. The van der Waals surface area contributed by atoms with E-state index in [-0.39, 0.29) is 0 Å². The number of aromatic nitrogens is 6. The molecule has 0 amide bonds. The van der Waals surface area contributed by atoms with Crippen molar-refractivity contribution >= 4 is 22.7 Å². The molecule has 0 saturated heterocycles. The van der Waals surface area contributed by atoms with Gasteiger partial charge >= 0.3 is 0 Å². The maximum Gasteiger partial charge on any atom is 0.142 e. The van der Waals surface area contributed by atoms with Crippen molar-refractivity contribution in [1.29, 1.82) is 0 Å². The van der Waals surface area contributed by atoms with Gasteiger partial charge in [-0.15, -0.1) is 22.7 Å². The first-order chi connectivity index (χ1) is 19.8. The maximum atomic E-state index is 4.82. The van der Waals surface area contributed by atoms with Gasteiger partial charge in [0, 0.05) is 48.3 Å². The van der Waals surface area contributed by atoms with Crippen molar-refractivity contribution < 1.29 is 0 Å². The molecule has 0 N–H and O–H groups in total. The summed E-state index contributed by atoms with van der Waals surface area (Å²) >= 11 is 3.27. The summed E-state index contributed by atoms with van der Waals surface area (Å²) in [7, 11) is 0. The molecule has 0 spiro atoms. The molecule has 6 aromatic heterocycles. The van der Waals surface area contributed by atoms with Gasteiger partial charge in [-0.25, -0.2) is 19.9 Å². The third kappa shape index (κ3) is 4.93. The summed E-state index contributed by atoms with van der Waals surface area (Å²) < 4.78 is 0. The van der Waals surface area contributed by atoms with Gasteiger partial charge in [0.15, 0.2) is 0 Å². The Bertz CT molecular complexity index is 1760. The summed E-state index contributed by atoms with van der Waals surface area (Å²) in [6.07, 6.45) is 11.0. The van der Waals surface area contributed by atoms with Crippen LogP contribution in [0.3, 0.4) is 0 Å². The lowest BCUT2D eigenvalue weighted by molar-refractivity contribution is 1.26. The van der Waals surface area contributed by atoms with Gasteiger partial charge in [-0.1, -0.05) is 36.4 Å². The van der Waals surface area contributed by atoms with Crippen LogP contribution in [-0.2, 0) is 0 Å². The summed E-state index contributed by atoms with van der Waals surface area (Å²) in [6.45, 7) is 0. The van der Waals surface area contributed by atoms with E-state index < -0.39 is 0 Å². The Labute approximate surface area is 238 Å². The van der Waals surface area contributed by atoms with E-state index in [0.29, 0.717) is 0 Å². The molecule has 0 bridgehead atoms. The zero-order valence-corrected chi connectivity index (χ0v) is 22.7. The van der Waals surface area contributed by atoms with Crippen molar-refractivity contribution in [1.82, 2.24) is 29.9 Å². The van der Waals surface area contributed by atoms with E-state index in [0.717, 1.165) is 64.8 Å². The van der Waals surface area contributed by atoms with Crippen LogP contribution in [0.25, 0.3) is 64.8 Å². The van der Waals surface area contributed by atoms with Crippen LogP contribution in [0.4, 0.5) is 0 Å². The van der Waals surface area contributed by atoms with E-state index in [2.05, 4.69) is 44.2 Å². The van der Waals surface area contributed by atoms with Crippen LogP contribution < -0.4 is 0 Å². The van der Waals surface area contributed by atoms with E-state index in [1.165, 1.54) is 0 Å². The van der Waals surface area contributed by atoms with Crippen LogP contribution in [0.1, 0.15) is 0 Å². The Balaban J connectivity index is 1.11. The second-order valence-corrected chi connectivity index (χ2v) is 11.0. The van der Waals surface area contributed by atoms with Gasteiger partial charge in [-0.2, -0.15) is 0 Å². The van der Waals surface area contributed by atoms with Crippen molar-refractivity contribution in [2.24, 2.45) is 0 Å². The first-order valence-corrected chi connectivity index (χ1v) is 14.2. The van der Waals surface area contributed by atoms with Gasteiger partial charge in [-0.3, -0.25) is 9.97 Å². The molecular formula is C32H20N6S2. The molecule has 0 unspecified atom stereocenters. The molecule has 8 heteroatoms. The van der Waals surface area contributed by atoms with E-state index >= 15 is 0 Å². The molecular weight excluding hydrogens is 533 g/mol. The summed E-state index contributed by atoms with van der Waals surface area (Å²) in [5.74, 6) is 0. The van der Waals surface area contributed by atoms with Crippen LogP contribution >= 0.6 is 22.7 Å². The molecule has 7 aromatic rings. The monoisotopic (exact) mass is 552 g/mol. The van der Waals surface area contributed by atoms with Gasteiger partial charge in [-0.05, 0) is 59.7 Å². The SMILES string of the molecule is c1cncc(-c2cccc(-c3ncc(-c4ccc(-c5cnc(-c6cccc(-c7cccnc7)n6)s5)cc4)s3)n2)c1. The second kappa shape index (κ2) is 10.7. The van der Waals surface area contributed by atoms with Gasteiger partial charge < -0.3 is 0 Å². The lowest BCUT2D eigenvalue weighted by Gasteiger charge is -2.02. The highest BCUT2D eigenvalue weighted by molar-refractivity contribution is 7.18. The highest BCUT2D eigenvalue weighted by Gasteiger charge is 2.12. The van der Waals surface area contributed by atoms with Gasteiger partial charge in [0.2, 0.25) is 0 Å². The lowest BCUT2D eigenvalue weighted by Crippen LogP contribution is -1.87. The van der Waals surface area contributed by atoms with Gasteiger partial charge in [0.1, 0.15) is 10.0 Å².